The lowest BCUT2D eigenvalue weighted by Crippen LogP contribution is -2.49. The summed E-state index contributed by atoms with van der Waals surface area (Å²) in [5, 5.41) is 0. The molecule has 2 N–H and O–H groups in total. The molecule has 1 amide bonds. The number of rotatable bonds is 5. The average molecular weight is 464 g/mol. The molecule has 13 heteroatoms. The summed E-state index contributed by atoms with van der Waals surface area (Å²) in [5.74, 6) is -6.51. The fourth-order valence-electron chi connectivity index (χ4n) is 3.53. The van der Waals surface area contributed by atoms with Gasteiger partial charge in [0.1, 0.15) is 17.3 Å². The van der Waals surface area contributed by atoms with Crippen molar-refractivity contribution in [3.8, 4) is 0 Å². The van der Waals surface area contributed by atoms with E-state index >= 15 is 4.39 Å². The van der Waals surface area contributed by atoms with Crippen LogP contribution in [-0.2, 0) is 16.0 Å². The van der Waals surface area contributed by atoms with Gasteiger partial charge in [0, 0.05) is 18.5 Å². The largest absolute Gasteiger partial charge is 0.464 e. The Labute approximate surface area is 177 Å². The minimum Gasteiger partial charge on any atom is -0.464 e. The van der Waals surface area contributed by atoms with Gasteiger partial charge in [-0.05, 0) is 25.0 Å². The minimum absolute atomic E-state index is 0.0744. The second-order valence-electron chi connectivity index (χ2n) is 7.16. The Morgan fingerprint density at radius 3 is 2.38 bits per heavy atom. The number of hydrogen-bond acceptors (Lipinski definition) is 5. The van der Waals surface area contributed by atoms with Crippen LogP contribution >= 0.6 is 0 Å². The van der Waals surface area contributed by atoms with Crippen molar-refractivity contribution in [1.82, 2.24) is 14.5 Å². The Hall–Kier alpha value is -3.09. The number of ether oxygens (including phenoxy) is 1. The molecule has 1 aromatic heterocycles. The Morgan fingerprint density at radius 1 is 1.12 bits per heavy atom. The van der Waals surface area contributed by atoms with Gasteiger partial charge in [0.05, 0.1) is 7.11 Å². The number of carbonyl (C=O) groups is 2. The number of amides is 1. The Morgan fingerprint density at radius 2 is 1.75 bits per heavy atom. The molecule has 0 fully saturated rings. The van der Waals surface area contributed by atoms with E-state index in [1.807, 2.05) is 0 Å². The summed E-state index contributed by atoms with van der Waals surface area (Å²) >= 11 is 0. The van der Waals surface area contributed by atoms with Gasteiger partial charge in [0.25, 0.3) is 0 Å². The van der Waals surface area contributed by atoms with Crippen LogP contribution < -0.4 is 5.73 Å². The number of benzene rings is 1. The van der Waals surface area contributed by atoms with E-state index in [4.69, 9.17) is 5.73 Å². The highest BCUT2D eigenvalue weighted by Crippen LogP contribution is 2.41. The zero-order valence-electron chi connectivity index (χ0n) is 16.8. The number of imidazole rings is 1. The molecule has 1 aliphatic rings. The predicted molar refractivity (Wildman–Crippen MR) is 96.7 cm³/mol. The van der Waals surface area contributed by atoms with Gasteiger partial charge in [-0.3, -0.25) is 14.3 Å². The molecule has 4 unspecified atom stereocenters. The molecule has 1 aromatic carbocycles. The van der Waals surface area contributed by atoms with Gasteiger partial charge < -0.3 is 10.5 Å². The molecule has 0 saturated heterocycles. The standard InChI is InChI=1S/C19H18F6N4O3/c1-7-27-14(19(31)32-2)15-16(23)29(18(25)17(24)28(7)15)13(30)5-9(26)3-8-4-11(21)12(22)6-10(8)20/h4,6,9,16-18H,3,5,26H2,1-2H3. The van der Waals surface area contributed by atoms with Crippen molar-refractivity contribution in [3.63, 3.8) is 0 Å². The SMILES string of the molecule is COC(=O)c1nc(C)n2c1C(F)N(C(=O)CC(N)Cc1cc(F)c(F)cc1F)C(F)C2F. The van der Waals surface area contributed by atoms with Gasteiger partial charge in [-0.15, -0.1) is 0 Å². The minimum atomic E-state index is -2.78. The first-order valence-electron chi connectivity index (χ1n) is 9.27. The molecule has 1 aliphatic heterocycles. The number of aryl methyl sites for hydroxylation is 1. The van der Waals surface area contributed by atoms with E-state index in [1.165, 1.54) is 6.92 Å². The van der Waals surface area contributed by atoms with Crippen LogP contribution in [0.5, 0.6) is 0 Å². The third kappa shape index (κ3) is 4.04. The molecule has 3 rings (SSSR count). The van der Waals surface area contributed by atoms with Gasteiger partial charge in [0.2, 0.25) is 24.8 Å². The summed E-state index contributed by atoms with van der Waals surface area (Å²) in [6, 6.07) is -0.425. The van der Waals surface area contributed by atoms with Crippen LogP contribution in [0.25, 0.3) is 0 Å². The van der Waals surface area contributed by atoms with Crippen LogP contribution in [0.3, 0.4) is 0 Å². The van der Waals surface area contributed by atoms with E-state index in [2.05, 4.69) is 9.72 Å². The molecule has 2 heterocycles. The lowest BCUT2D eigenvalue weighted by molar-refractivity contribution is -0.162. The van der Waals surface area contributed by atoms with Crippen LogP contribution in [-0.4, -0.2) is 45.8 Å². The van der Waals surface area contributed by atoms with E-state index in [9.17, 15) is 31.5 Å². The summed E-state index contributed by atoms with van der Waals surface area (Å²) in [6.45, 7) is 1.21. The van der Waals surface area contributed by atoms with Crippen LogP contribution in [0.1, 0.15) is 46.6 Å². The summed E-state index contributed by atoms with van der Waals surface area (Å²) in [5.41, 5.74) is 4.04. The van der Waals surface area contributed by atoms with Crippen LogP contribution in [0.2, 0.25) is 0 Å². The number of aromatic nitrogens is 2. The molecule has 0 saturated carbocycles. The van der Waals surface area contributed by atoms with Crippen molar-refractivity contribution in [3.05, 3.63) is 52.4 Å². The van der Waals surface area contributed by atoms with Crippen LogP contribution in [0, 0.1) is 24.4 Å². The number of nitrogens with two attached hydrogens (primary N) is 1. The molecule has 7 nitrogen and oxygen atoms in total. The molecule has 0 bridgehead atoms. The molecule has 0 radical (unpaired) electrons. The fourth-order valence-corrected chi connectivity index (χ4v) is 3.53. The lowest BCUT2D eigenvalue weighted by atomic mass is 10.0. The predicted octanol–water partition coefficient (Wildman–Crippen LogP) is 2.93. The number of hydrogen-bond donors (Lipinski definition) is 1. The number of methoxy groups -OCH3 is 1. The second kappa shape index (κ2) is 8.81. The van der Waals surface area contributed by atoms with Crippen molar-refractivity contribution >= 4 is 11.9 Å². The first-order chi connectivity index (χ1) is 15.0. The van der Waals surface area contributed by atoms with E-state index in [1.54, 1.807) is 0 Å². The number of halogens is 6. The monoisotopic (exact) mass is 464 g/mol. The maximum absolute atomic E-state index is 15.2. The van der Waals surface area contributed by atoms with Crippen molar-refractivity contribution < 1.29 is 40.7 Å². The first kappa shape index (κ1) is 23.6. The molecule has 4 atom stereocenters. The Balaban J connectivity index is 1.84. The van der Waals surface area contributed by atoms with Gasteiger partial charge in [-0.1, -0.05) is 0 Å². The highest BCUT2D eigenvalue weighted by Gasteiger charge is 2.48. The Bertz CT molecular complexity index is 1060. The summed E-state index contributed by atoms with van der Waals surface area (Å²) in [4.78, 5) is 28.1. The number of carbonyl (C=O) groups excluding carboxylic acids is 2. The van der Waals surface area contributed by atoms with Gasteiger partial charge in [-0.25, -0.2) is 36.1 Å². The van der Waals surface area contributed by atoms with Crippen molar-refractivity contribution in [2.24, 2.45) is 5.73 Å². The molecule has 0 spiro atoms. The van der Waals surface area contributed by atoms with E-state index < -0.39 is 78.5 Å². The van der Waals surface area contributed by atoms with E-state index in [0.717, 1.165) is 7.11 Å². The summed E-state index contributed by atoms with van der Waals surface area (Å²) < 4.78 is 89.7. The second-order valence-corrected chi connectivity index (χ2v) is 7.16. The number of fused-ring (bicyclic) bond motifs is 1. The molecule has 0 aliphatic carbocycles. The van der Waals surface area contributed by atoms with Crippen LogP contribution in [0.15, 0.2) is 12.1 Å². The summed E-state index contributed by atoms with van der Waals surface area (Å²) in [7, 11) is 0.976. The summed E-state index contributed by atoms with van der Waals surface area (Å²) in [6.07, 6.45) is -9.22. The maximum atomic E-state index is 15.2. The van der Waals surface area contributed by atoms with Crippen molar-refractivity contribution in [2.45, 2.75) is 44.7 Å². The van der Waals surface area contributed by atoms with Crippen LogP contribution in [0.4, 0.5) is 26.3 Å². The molecular formula is C19H18F6N4O3. The number of alkyl halides is 3. The normalized spacial score (nSPS) is 21.3. The van der Waals surface area contributed by atoms with Gasteiger partial charge in [-0.2, -0.15) is 0 Å². The van der Waals surface area contributed by atoms with Gasteiger partial charge >= 0.3 is 5.97 Å². The third-order valence-corrected chi connectivity index (χ3v) is 5.01. The quantitative estimate of drug-likeness (QED) is 0.318. The average Bonchev–Trinajstić information content (AvgIpc) is 3.07. The number of esters is 1. The molecule has 32 heavy (non-hydrogen) atoms. The smallest absolute Gasteiger partial charge is 0.358 e. The number of nitrogens with zero attached hydrogens (tertiary/aromatic N) is 3. The zero-order valence-corrected chi connectivity index (χ0v) is 16.8. The highest BCUT2D eigenvalue weighted by atomic mass is 19.2. The highest BCUT2D eigenvalue weighted by molar-refractivity contribution is 5.89. The maximum Gasteiger partial charge on any atom is 0.358 e. The van der Waals surface area contributed by atoms with Gasteiger partial charge in [0.15, 0.2) is 17.3 Å². The van der Waals surface area contributed by atoms with E-state index in [0.29, 0.717) is 16.7 Å². The fraction of sp³-hybridized carbons (Fsp3) is 0.421. The third-order valence-electron chi connectivity index (χ3n) is 5.01. The zero-order chi connectivity index (χ0) is 23.9. The lowest BCUT2D eigenvalue weighted by Gasteiger charge is -2.37. The Kier molecular flexibility index (Phi) is 6.49. The van der Waals surface area contributed by atoms with E-state index in [-0.39, 0.29) is 16.3 Å². The molecule has 174 valence electrons. The van der Waals surface area contributed by atoms with Crippen molar-refractivity contribution in [1.29, 1.82) is 0 Å². The first-order valence-corrected chi connectivity index (χ1v) is 9.27. The topological polar surface area (TPSA) is 90.5 Å². The van der Waals surface area contributed by atoms with Crippen molar-refractivity contribution in [2.75, 3.05) is 7.11 Å². The molecule has 2 aromatic rings. The molecular weight excluding hydrogens is 446 g/mol.